The van der Waals surface area contributed by atoms with Gasteiger partial charge in [0.2, 0.25) is 0 Å². The maximum Gasteiger partial charge on any atom is 0.0900 e. The van der Waals surface area contributed by atoms with Gasteiger partial charge < -0.3 is 20.1 Å². The third-order valence-corrected chi connectivity index (χ3v) is 4.75. The summed E-state index contributed by atoms with van der Waals surface area (Å²) in [6.07, 6.45) is 15.4. The lowest BCUT2D eigenvalue weighted by Gasteiger charge is -2.23. The van der Waals surface area contributed by atoms with Crippen LogP contribution in [0.25, 0.3) is 0 Å². The zero-order valence-corrected chi connectivity index (χ0v) is 17.2. The number of aliphatic hydroxyl groups excluding tert-OH is 3. The molecule has 0 saturated carbocycles. The van der Waals surface area contributed by atoms with Crippen LogP contribution >= 0.6 is 0 Å². The minimum atomic E-state index is -0.564. The van der Waals surface area contributed by atoms with Crippen LogP contribution in [0.1, 0.15) is 84.0 Å². The Bertz CT molecular complexity index is 260. The number of nitrogens with zero attached hydrogens (tertiary/aromatic N) is 1. The van der Waals surface area contributed by atoms with Crippen LogP contribution in [0.2, 0.25) is 0 Å². The van der Waals surface area contributed by atoms with E-state index in [1.165, 1.54) is 70.6 Å². The van der Waals surface area contributed by atoms with Gasteiger partial charge in [-0.05, 0) is 6.42 Å². The van der Waals surface area contributed by atoms with Crippen LogP contribution < -0.4 is 0 Å². The van der Waals surface area contributed by atoms with Gasteiger partial charge in [0.25, 0.3) is 0 Å². The predicted molar refractivity (Wildman–Crippen MR) is 109 cm³/mol. The molecular formula is C21H45NO4. The van der Waals surface area contributed by atoms with E-state index >= 15 is 0 Å². The number of hydrogen-bond donors (Lipinski definition) is 3. The minimum absolute atomic E-state index is 0.0342. The smallest absolute Gasteiger partial charge is 0.0900 e. The number of rotatable bonds is 21. The standard InChI is InChI=1S/C21H45NO4/c1-2-3-4-5-6-7-8-9-10-11-12-13-18-26-20-21(25)19-22(14-16-23)15-17-24/h21,23-25H,2-20H2,1H3. The van der Waals surface area contributed by atoms with Gasteiger partial charge in [0, 0.05) is 26.2 Å². The highest BCUT2D eigenvalue weighted by Gasteiger charge is 2.11. The fourth-order valence-corrected chi connectivity index (χ4v) is 3.19. The molecule has 0 spiro atoms. The molecule has 0 amide bonds. The Balaban J connectivity index is 3.29. The highest BCUT2D eigenvalue weighted by molar-refractivity contribution is 4.64. The number of ether oxygens (including phenoxy) is 1. The van der Waals surface area contributed by atoms with Gasteiger partial charge in [0.15, 0.2) is 0 Å². The van der Waals surface area contributed by atoms with E-state index in [-0.39, 0.29) is 13.2 Å². The Labute approximate surface area is 161 Å². The predicted octanol–water partition coefficient (Wildman–Crippen LogP) is 3.35. The third kappa shape index (κ3) is 18.6. The Morgan fingerprint density at radius 3 is 1.65 bits per heavy atom. The zero-order chi connectivity index (χ0) is 19.3. The first-order valence-electron chi connectivity index (χ1n) is 10.9. The molecule has 158 valence electrons. The quantitative estimate of drug-likeness (QED) is 0.268. The minimum Gasteiger partial charge on any atom is -0.395 e. The molecule has 0 aliphatic heterocycles. The summed E-state index contributed by atoms with van der Waals surface area (Å²) in [5, 5.41) is 27.8. The van der Waals surface area contributed by atoms with E-state index in [0.717, 1.165) is 6.42 Å². The van der Waals surface area contributed by atoms with Gasteiger partial charge in [0.05, 0.1) is 25.9 Å². The summed E-state index contributed by atoms with van der Waals surface area (Å²) in [5.41, 5.74) is 0. The summed E-state index contributed by atoms with van der Waals surface area (Å²) in [5.74, 6) is 0. The molecule has 1 atom stereocenters. The number of aliphatic hydroxyl groups is 3. The highest BCUT2D eigenvalue weighted by Crippen LogP contribution is 2.11. The van der Waals surface area contributed by atoms with Gasteiger partial charge in [-0.15, -0.1) is 0 Å². The molecule has 0 aromatic carbocycles. The summed E-state index contributed by atoms with van der Waals surface area (Å²) in [7, 11) is 0. The molecular weight excluding hydrogens is 330 g/mol. The maximum absolute atomic E-state index is 9.93. The fraction of sp³-hybridized carbons (Fsp3) is 1.00. The Kier molecular flexibility index (Phi) is 20.9. The van der Waals surface area contributed by atoms with Crippen molar-refractivity contribution in [2.24, 2.45) is 0 Å². The van der Waals surface area contributed by atoms with Crippen molar-refractivity contribution >= 4 is 0 Å². The monoisotopic (exact) mass is 375 g/mol. The maximum atomic E-state index is 9.93. The van der Waals surface area contributed by atoms with Crippen molar-refractivity contribution in [3.05, 3.63) is 0 Å². The number of unbranched alkanes of at least 4 members (excludes halogenated alkanes) is 11. The first-order valence-corrected chi connectivity index (χ1v) is 10.9. The molecule has 0 aromatic rings. The van der Waals surface area contributed by atoms with Crippen LogP contribution in [0.5, 0.6) is 0 Å². The molecule has 0 aliphatic rings. The second-order valence-electron chi connectivity index (χ2n) is 7.37. The van der Waals surface area contributed by atoms with E-state index in [0.29, 0.717) is 32.8 Å². The van der Waals surface area contributed by atoms with Crippen LogP contribution in [0.4, 0.5) is 0 Å². The van der Waals surface area contributed by atoms with Crippen molar-refractivity contribution < 1.29 is 20.1 Å². The van der Waals surface area contributed by atoms with Gasteiger partial charge in [-0.2, -0.15) is 0 Å². The van der Waals surface area contributed by atoms with Crippen LogP contribution in [0, 0.1) is 0 Å². The van der Waals surface area contributed by atoms with Crippen LogP contribution in [0.15, 0.2) is 0 Å². The van der Waals surface area contributed by atoms with Gasteiger partial charge in [-0.25, -0.2) is 0 Å². The number of hydrogen-bond acceptors (Lipinski definition) is 5. The van der Waals surface area contributed by atoms with E-state index in [1.54, 1.807) is 0 Å². The molecule has 0 aromatic heterocycles. The van der Waals surface area contributed by atoms with Crippen molar-refractivity contribution in [3.63, 3.8) is 0 Å². The lowest BCUT2D eigenvalue weighted by Crippen LogP contribution is -2.38. The molecule has 0 rings (SSSR count). The topological polar surface area (TPSA) is 73.2 Å². The molecule has 0 aliphatic carbocycles. The average Bonchev–Trinajstić information content (AvgIpc) is 2.62. The molecule has 0 bridgehead atoms. The van der Waals surface area contributed by atoms with Gasteiger partial charge in [-0.1, -0.05) is 77.6 Å². The van der Waals surface area contributed by atoms with Crippen LogP contribution in [-0.4, -0.2) is 72.4 Å². The summed E-state index contributed by atoms with van der Waals surface area (Å²) in [6.45, 7) is 4.73. The Morgan fingerprint density at radius 1 is 0.731 bits per heavy atom. The lowest BCUT2D eigenvalue weighted by atomic mass is 10.1. The van der Waals surface area contributed by atoms with Crippen molar-refractivity contribution in [1.82, 2.24) is 4.90 Å². The summed E-state index contributed by atoms with van der Waals surface area (Å²) < 4.78 is 5.54. The first-order chi connectivity index (χ1) is 12.7. The van der Waals surface area contributed by atoms with Crippen LogP contribution in [-0.2, 0) is 4.74 Å². The van der Waals surface area contributed by atoms with Crippen molar-refractivity contribution in [3.8, 4) is 0 Å². The summed E-state index contributed by atoms with van der Waals surface area (Å²) in [4.78, 5) is 1.85. The third-order valence-electron chi connectivity index (χ3n) is 4.75. The molecule has 5 nitrogen and oxygen atoms in total. The van der Waals surface area contributed by atoms with Crippen LogP contribution in [0.3, 0.4) is 0 Å². The molecule has 0 radical (unpaired) electrons. The molecule has 0 fully saturated rings. The lowest BCUT2D eigenvalue weighted by molar-refractivity contribution is 0.0103. The SMILES string of the molecule is CCCCCCCCCCCCCCOCC(O)CN(CCO)CCO. The Morgan fingerprint density at radius 2 is 1.19 bits per heavy atom. The highest BCUT2D eigenvalue weighted by atomic mass is 16.5. The first kappa shape index (κ1) is 25.8. The largest absolute Gasteiger partial charge is 0.395 e. The van der Waals surface area contributed by atoms with Gasteiger partial charge in [-0.3, -0.25) is 4.90 Å². The van der Waals surface area contributed by atoms with E-state index in [2.05, 4.69) is 6.92 Å². The van der Waals surface area contributed by atoms with Gasteiger partial charge >= 0.3 is 0 Å². The second-order valence-corrected chi connectivity index (χ2v) is 7.37. The molecule has 26 heavy (non-hydrogen) atoms. The Hall–Kier alpha value is -0.200. The molecule has 1 unspecified atom stereocenters. The van der Waals surface area contributed by atoms with Crippen molar-refractivity contribution in [2.45, 2.75) is 90.1 Å². The fourth-order valence-electron chi connectivity index (χ4n) is 3.19. The van der Waals surface area contributed by atoms with Gasteiger partial charge in [0.1, 0.15) is 0 Å². The van der Waals surface area contributed by atoms with E-state index < -0.39 is 6.10 Å². The molecule has 5 heteroatoms. The van der Waals surface area contributed by atoms with E-state index in [9.17, 15) is 5.11 Å². The van der Waals surface area contributed by atoms with Crippen molar-refractivity contribution in [2.75, 3.05) is 46.1 Å². The average molecular weight is 376 g/mol. The van der Waals surface area contributed by atoms with E-state index in [4.69, 9.17) is 14.9 Å². The summed E-state index contributed by atoms with van der Waals surface area (Å²) >= 11 is 0. The normalized spacial score (nSPS) is 12.8. The van der Waals surface area contributed by atoms with Crippen molar-refractivity contribution in [1.29, 1.82) is 0 Å². The second kappa shape index (κ2) is 21.1. The molecule has 0 saturated heterocycles. The zero-order valence-electron chi connectivity index (χ0n) is 17.2. The molecule has 3 N–H and O–H groups in total. The molecule has 0 heterocycles. The summed E-state index contributed by atoms with van der Waals surface area (Å²) in [6, 6.07) is 0. The van der Waals surface area contributed by atoms with E-state index in [1.807, 2.05) is 4.90 Å².